The number of aromatic nitrogens is 1. The quantitative estimate of drug-likeness (QED) is 0.937. The number of carboxylic acid groups (broad SMARTS) is 1. The minimum atomic E-state index is -0.914. The molecule has 0 aliphatic carbocycles. The van der Waals surface area contributed by atoms with Gasteiger partial charge < -0.3 is 10.0 Å². The van der Waals surface area contributed by atoms with Crippen LogP contribution < -0.4 is 4.90 Å². The highest BCUT2D eigenvalue weighted by Crippen LogP contribution is 2.31. The van der Waals surface area contributed by atoms with Crippen LogP contribution in [0.25, 0.3) is 11.3 Å². The largest absolute Gasteiger partial charge is 0.478 e. The van der Waals surface area contributed by atoms with Crippen molar-refractivity contribution in [3.63, 3.8) is 0 Å². The fraction of sp³-hybridized carbons (Fsp3) is 0.294. The van der Waals surface area contributed by atoms with Crippen LogP contribution in [0, 0.1) is 0 Å². The number of rotatable bonds is 3. The van der Waals surface area contributed by atoms with E-state index in [2.05, 4.69) is 9.88 Å². The number of hydrogen-bond acceptors (Lipinski definition) is 3. The number of pyridine rings is 1. The molecule has 1 aromatic carbocycles. The highest BCUT2D eigenvalue weighted by molar-refractivity contribution is 6.00. The van der Waals surface area contributed by atoms with E-state index in [9.17, 15) is 9.90 Å². The molecule has 3 rings (SSSR count). The normalized spacial score (nSPS) is 15.0. The molecule has 1 aromatic heterocycles. The lowest BCUT2D eigenvalue weighted by Crippen LogP contribution is -2.31. The number of piperidine rings is 1. The minimum Gasteiger partial charge on any atom is -0.478 e. The number of carboxylic acids is 1. The Hall–Kier alpha value is -2.36. The van der Waals surface area contributed by atoms with Crippen LogP contribution in [0.2, 0.25) is 0 Å². The Balaban J connectivity index is 2.11. The number of carbonyl (C=O) groups is 1. The van der Waals surface area contributed by atoms with Gasteiger partial charge in [-0.05, 0) is 25.3 Å². The highest BCUT2D eigenvalue weighted by atomic mass is 16.4. The molecule has 2 heterocycles. The average molecular weight is 282 g/mol. The standard InChI is InChI=1S/C17H18N2O2/c20-17(21)15-14(19-11-5-2-6-12-19)9-10-18-16(15)13-7-3-1-4-8-13/h1,3-4,7-10H,2,5-6,11-12H2,(H,20,21). The first-order chi connectivity index (χ1) is 10.3. The molecule has 0 spiro atoms. The second kappa shape index (κ2) is 5.95. The SMILES string of the molecule is O=C(O)c1c(N2CCCCC2)ccnc1-c1ccccc1. The number of anilines is 1. The number of hydrogen-bond donors (Lipinski definition) is 1. The molecule has 0 saturated carbocycles. The van der Waals surface area contributed by atoms with Crippen molar-refractivity contribution in [1.29, 1.82) is 0 Å². The van der Waals surface area contributed by atoms with E-state index in [0.717, 1.165) is 37.2 Å². The molecule has 1 aliphatic rings. The zero-order valence-electron chi connectivity index (χ0n) is 11.8. The summed E-state index contributed by atoms with van der Waals surface area (Å²) >= 11 is 0. The van der Waals surface area contributed by atoms with Gasteiger partial charge in [-0.1, -0.05) is 30.3 Å². The van der Waals surface area contributed by atoms with E-state index in [-0.39, 0.29) is 0 Å². The zero-order chi connectivity index (χ0) is 14.7. The molecular formula is C17H18N2O2. The van der Waals surface area contributed by atoms with Gasteiger partial charge in [-0.25, -0.2) is 4.79 Å². The van der Waals surface area contributed by atoms with Gasteiger partial charge in [0.1, 0.15) is 5.56 Å². The first-order valence-corrected chi connectivity index (χ1v) is 7.30. The summed E-state index contributed by atoms with van der Waals surface area (Å²) in [5.74, 6) is -0.914. The van der Waals surface area contributed by atoms with Crippen molar-refractivity contribution < 1.29 is 9.90 Å². The van der Waals surface area contributed by atoms with Crippen LogP contribution >= 0.6 is 0 Å². The first-order valence-electron chi connectivity index (χ1n) is 7.30. The van der Waals surface area contributed by atoms with Crippen molar-refractivity contribution in [1.82, 2.24) is 4.98 Å². The summed E-state index contributed by atoms with van der Waals surface area (Å²) in [4.78, 5) is 18.3. The molecule has 2 aromatic rings. The van der Waals surface area contributed by atoms with E-state index in [1.54, 1.807) is 6.20 Å². The molecule has 108 valence electrons. The smallest absolute Gasteiger partial charge is 0.340 e. The predicted octanol–water partition coefficient (Wildman–Crippen LogP) is 3.44. The summed E-state index contributed by atoms with van der Waals surface area (Å²) in [6.07, 6.45) is 5.15. The van der Waals surface area contributed by atoms with E-state index in [4.69, 9.17) is 0 Å². The molecule has 21 heavy (non-hydrogen) atoms. The van der Waals surface area contributed by atoms with E-state index >= 15 is 0 Å². The second-order valence-corrected chi connectivity index (χ2v) is 5.27. The van der Waals surface area contributed by atoms with E-state index in [0.29, 0.717) is 11.3 Å². The summed E-state index contributed by atoms with van der Waals surface area (Å²) in [5, 5.41) is 9.67. The monoisotopic (exact) mass is 282 g/mol. The molecular weight excluding hydrogens is 264 g/mol. The molecule has 0 unspecified atom stereocenters. The fourth-order valence-corrected chi connectivity index (χ4v) is 2.88. The molecule has 0 bridgehead atoms. The number of nitrogens with zero attached hydrogens (tertiary/aromatic N) is 2. The van der Waals surface area contributed by atoms with E-state index in [1.807, 2.05) is 36.4 Å². The Morgan fingerprint density at radius 1 is 1.05 bits per heavy atom. The van der Waals surface area contributed by atoms with Crippen LogP contribution in [-0.2, 0) is 0 Å². The Bertz CT molecular complexity index is 634. The molecule has 0 radical (unpaired) electrons. The van der Waals surface area contributed by atoms with Gasteiger partial charge in [0.15, 0.2) is 0 Å². The Morgan fingerprint density at radius 2 is 1.76 bits per heavy atom. The minimum absolute atomic E-state index is 0.311. The predicted molar refractivity (Wildman–Crippen MR) is 82.7 cm³/mol. The van der Waals surface area contributed by atoms with Gasteiger partial charge in [-0.3, -0.25) is 4.98 Å². The molecule has 0 atom stereocenters. The lowest BCUT2D eigenvalue weighted by atomic mass is 10.0. The lowest BCUT2D eigenvalue weighted by molar-refractivity contribution is 0.0698. The van der Waals surface area contributed by atoms with Crippen LogP contribution in [0.1, 0.15) is 29.6 Å². The highest BCUT2D eigenvalue weighted by Gasteiger charge is 2.22. The maximum absolute atomic E-state index is 11.8. The van der Waals surface area contributed by atoms with Crippen molar-refractivity contribution >= 4 is 11.7 Å². The van der Waals surface area contributed by atoms with Gasteiger partial charge in [0.25, 0.3) is 0 Å². The third-order valence-corrected chi connectivity index (χ3v) is 3.89. The van der Waals surface area contributed by atoms with E-state index < -0.39 is 5.97 Å². The maximum atomic E-state index is 11.8. The van der Waals surface area contributed by atoms with Crippen molar-refractivity contribution in [3.8, 4) is 11.3 Å². The van der Waals surface area contributed by atoms with Crippen molar-refractivity contribution in [2.45, 2.75) is 19.3 Å². The molecule has 4 nitrogen and oxygen atoms in total. The average Bonchev–Trinajstić information content (AvgIpc) is 2.55. The Labute approximate surface area is 124 Å². The van der Waals surface area contributed by atoms with Crippen molar-refractivity contribution in [3.05, 3.63) is 48.2 Å². The second-order valence-electron chi connectivity index (χ2n) is 5.27. The number of benzene rings is 1. The van der Waals surface area contributed by atoms with Crippen LogP contribution in [0.4, 0.5) is 5.69 Å². The molecule has 0 amide bonds. The lowest BCUT2D eigenvalue weighted by Gasteiger charge is -2.30. The van der Waals surface area contributed by atoms with E-state index in [1.165, 1.54) is 6.42 Å². The summed E-state index contributed by atoms with van der Waals surface area (Å²) in [5.41, 5.74) is 2.49. The van der Waals surface area contributed by atoms with Gasteiger partial charge in [0.05, 0.1) is 11.4 Å². The summed E-state index contributed by atoms with van der Waals surface area (Å²) < 4.78 is 0. The maximum Gasteiger partial charge on any atom is 0.340 e. The molecule has 4 heteroatoms. The summed E-state index contributed by atoms with van der Waals surface area (Å²) in [7, 11) is 0. The molecule has 1 N–H and O–H groups in total. The van der Waals surface area contributed by atoms with Gasteiger partial charge in [-0.2, -0.15) is 0 Å². The van der Waals surface area contributed by atoms with Gasteiger partial charge >= 0.3 is 5.97 Å². The summed E-state index contributed by atoms with van der Waals surface area (Å²) in [6, 6.07) is 11.3. The van der Waals surface area contributed by atoms with Crippen LogP contribution in [0.15, 0.2) is 42.6 Å². The Kier molecular flexibility index (Phi) is 3.86. The zero-order valence-corrected chi connectivity index (χ0v) is 11.8. The third kappa shape index (κ3) is 2.75. The van der Waals surface area contributed by atoms with Crippen molar-refractivity contribution in [2.75, 3.05) is 18.0 Å². The van der Waals surface area contributed by atoms with Gasteiger partial charge in [0, 0.05) is 24.8 Å². The number of aromatic carboxylic acids is 1. The van der Waals surface area contributed by atoms with Crippen LogP contribution in [-0.4, -0.2) is 29.1 Å². The summed E-state index contributed by atoms with van der Waals surface area (Å²) in [6.45, 7) is 1.83. The first kappa shape index (κ1) is 13.6. The molecule has 1 saturated heterocycles. The molecule has 1 fully saturated rings. The van der Waals surface area contributed by atoms with Crippen molar-refractivity contribution in [2.24, 2.45) is 0 Å². The Morgan fingerprint density at radius 3 is 2.43 bits per heavy atom. The third-order valence-electron chi connectivity index (χ3n) is 3.89. The van der Waals surface area contributed by atoms with Gasteiger partial charge in [-0.15, -0.1) is 0 Å². The van der Waals surface area contributed by atoms with Gasteiger partial charge in [0.2, 0.25) is 0 Å². The van der Waals surface area contributed by atoms with Crippen LogP contribution in [0.3, 0.4) is 0 Å². The molecule has 1 aliphatic heterocycles. The fourth-order valence-electron chi connectivity index (χ4n) is 2.88. The van der Waals surface area contributed by atoms with Crippen LogP contribution in [0.5, 0.6) is 0 Å². The topological polar surface area (TPSA) is 53.4 Å².